The van der Waals surface area contributed by atoms with Gasteiger partial charge in [-0.1, -0.05) is 12.1 Å². The number of nitrogens with one attached hydrogen (secondary N) is 1. The minimum absolute atomic E-state index is 0.285. The van der Waals surface area contributed by atoms with Crippen LogP contribution in [0.25, 0.3) is 11.3 Å². The lowest BCUT2D eigenvalue weighted by Crippen LogP contribution is -2.12. The summed E-state index contributed by atoms with van der Waals surface area (Å²) >= 11 is 1.60. The van der Waals surface area contributed by atoms with Crippen LogP contribution in [0.3, 0.4) is 0 Å². The molecule has 0 radical (unpaired) electrons. The molecule has 4 aromatic rings. The molecule has 2 heterocycles. The van der Waals surface area contributed by atoms with Crippen LogP contribution in [0.2, 0.25) is 0 Å². The molecule has 2 aromatic carbocycles. The second-order valence-corrected chi connectivity index (χ2v) is 7.59. The molecule has 0 aliphatic rings. The number of hydrogen-bond acceptors (Lipinski definition) is 4. The van der Waals surface area contributed by atoms with Crippen LogP contribution < -0.4 is 5.32 Å². The SMILES string of the molecule is Cc1ccc(NC(=O)c2cccc(F)c2)cc1Cc1nc(-c2cccnc2)cs1. The smallest absolute Gasteiger partial charge is 0.255 e. The molecule has 0 atom stereocenters. The Morgan fingerprint density at radius 1 is 1.14 bits per heavy atom. The molecule has 0 aliphatic heterocycles. The first-order valence-corrected chi connectivity index (χ1v) is 9.98. The van der Waals surface area contributed by atoms with Crippen molar-refractivity contribution < 1.29 is 9.18 Å². The number of aromatic nitrogens is 2. The molecule has 0 fully saturated rings. The van der Waals surface area contributed by atoms with Gasteiger partial charge in [-0.15, -0.1) is 11.3 Å². The van der Waals surface area contributed by atoms with E-state index in [1.54, 1.807) is 29.8 Å². The molecule has 4 rings (SSSR count). The molecule has 1 amide bonds. The summed E-state index contributed by atoms with van der Waals surface area (Å²) < 4.78 is 13.4. The van der Waals surface area contributed by atoms with Gasteiger partial charge in [-0.2, -0.15) is 0 Å². The molecular weight excluding hydrogens is 385 g/mol. The predicted molar refractivity (Wildman–Crippen MR) is 114 cm³/mol. The van der Waals surface area contributed by atoms with Crippen LogP contribution in [0.15, 0.2) is 72.4 Å². The molecule has 144 valence electrons. The average Bonchev–Trinajstić information content (AvgIpc) is 3.20. The number of anilines is 1. The number of carbonyl (C=O) groups is 1. The zero-order chi connectivity index (χ0) is 20.2. The van der Waals surface area contributed by atoms with Gasteiger partial charge in [0.2, 0.25) is 0 Å². The van der Waals surface area contributed by atoms with Crippen LogP contribution in [0.4, 0.5) is 10.1 Å². The molecule has 4 nitrogen and oxygen atoms in total. The van der Waals surface area contributed by atoms with Gasteiger partial charge in [-0.25, -0.2) is 9.37 Å². The summed E-state index contributed by atoms with van der Waals surface area (Å²) in [4.78, 5) is 21.2. The quantitative estimate of drug-likeness (QED) is 0.479. The van der Waals surface area contributed by atoms with Gasteiger partial charge in [0.25, 0.3) is 5.91 Å². The van der Waals surface area contributed by atoms with E-state index in [-0.39, 0.29) is 11.5 Å². The third-order valence-electron chi connectivity index (χ3n) is 4.54. The van der Waals surface area contributed by atoms with E-state index in [4.69, 9.17) is 4.98 Å². The van der Waals surface area contributed by atoms with Crippen molar-refractivity contribution in [1.29, 1.82) is 0 Å². The number of thiazole rings is 1. The van der Waals surface area contributed by atoms with E-state index in [9.17, 15) is 9.18 Å². The fraction of sp³-hybridized carbons (Fsp3) is 0.0870. The molecule has 0 unspecified atom stereocenters. The summed E-state index contributed by atoms with van der Waals surface area (Å²) in [5, 5.41) is 5.85. The van der Waals surface area contributed by atoms with Gasteiger partial charge in [0.15, 0.2) is 0 Å². The van der Waals surface area contributed by atoms with Crippen molar-refractivity contribution in [2.24, 2.45) is 0 Å². The molecule has 0 saturated heterocycles. The highest BCUT2D eigenvalue weighted by atomic mass is 32.1. The Morgan fingerprint density at radius 2 is 2.03 bits per heavy atom. The summed E-state index contributed by atoms with van der Waals surface area (Å²) in [6, 6.07) is 15.3. The topological polar surface area (TPSA) is 54.9 Å². The lowest BCUT2D eigenvalue weighted by Gasteiger charge is -2.10. The lowest BCUT2D eigenvalue weighted by molar-refractivity contribution is 0.102. The highest BCUT2D eigenvalue weighted by molar-refractivity contribution is 7.10. The monoisotopic (exact) mass is 403 g/mol. The predicted octanol–water partition coefficient (Wildman–Crippen LogP) is 5.50. The Kier molecular flexibility index (Phi) is 5.44. The van der Waals surface area contributed by atoms with Gasteiger partial charge < -0.3 is 5.32 Å². The first kappa shape index (κ1) is 19.0. The first-order chi connectivity index (χ1) is 14.1. The molecule has 0 saturated carbocycles. The third kappa shape index (κ3) is 4.55. The number of halogens is 1. The normalized spacial score (nSPS) is 10.7. The van der Waals surface area contributed by atoms with Gasteiger partial charge in [-0.05, 0) is 60.5 Å². The zero-order valence-corrected chi connectivity index (χ0v) is 16.5. The summed E-state index contributed by atoms with van der Waals surface area (Å²) in [7, 11) is 0. The Morgan fingerprint density at radius 3 is 2.83 bits per heavy atom. The van der Waals surface area contributed by atoms with E-state index in [1.165, 1.54) is 18.2 Å². The van der Waals surface area contributed by atoms with Crippen LogP contribution in [0.1, 0.15) is 26.5 Å². The Labute approximate surface area is 172 Å². The van der Waals surface area contributed by atoms with Crippen molar-refractivity contribution in [2.45, 2.75) is 13.3 Å². The number of aryl methyl sites for hydroxylation is 1. The Hall–Kier alpha value is -3.38. The summed E-state index contributed by atoms with van der Waals surface area (Å²) in [6.45, 7) is 2.03. The number of hydrogen-bond donors (Lipinski definition) is 1. The Bertz CT molecular complexity index is 1160. The molecular formula is C23H18FN3OS. The minimum Gasteiger partial charge on any atom is -0.322 e. The Balaban J connectivity index is 1.52. The van der Waals surface area contributed by atoms with Crippen molar-refractivity contribution in [3.05, 3.63) is 99.9 Å². The lowest BCUT2D eigenvalue weighted by atomic mass is 10.0. The number of benzene rings is 2. The van der Waals surface area contributed by atoms with Gasteiger partial charge in [-0.3, -0.25) is 9.78 Å². The van der Waals surface area contributed by atoms with Crippen LogP contribution in [-0.2, 0) is 6.42 Å². The van der Waals surface area contributed by atoms with Gasteiger partial charge in [0.1, 0.15) is 5.82 Å². The molecule has 2 aromatic heterocycles. The number of amides is 1. The first-order valence-electron chi connectivity index (χ1n) is 9.10. The second kappa shape index (κ2) is 8.32. The molecule has 1 N–H and O–H groups in total. The van der Waals surface area contributed by atoms with E-state index in [2.05, 4.69) is 10.3 Å². The molecule has 6 heteroatoms. The van der Waals surface area contributed by atoms with Crippen molar-refractivity contribution >= 4 is 22.9 Å². The number of carbonyl (C=O) groups excluding carboxylic acids is 1. The van der Waals surface area contributed by atoms with Gasteiger partial charge >= 0.3 is 0 Å². The van der Waals surface area contributed by atoms with E-state index < -0.39 is 5.82 Å². The van der Waals surface area contributed by atoms with Gasteiger partial charge in [0, 0.05) is 41.0 Å². The van der Waals surface area contributed by atoms with Gasteiger partial charge in [0.05, 0.1) is 10.7 Å². The van der Waals surface area contributed by atoms with Crippen molar-refractivity contribution in [1.82, 2.24) is 9.97 Å². The van der Waals surface area contributed by atoms with Crippen LogP contribution >= 0.6 is 11.3 Å². The molecule has 29 heavy (non-hydrogen) atoms. The second-order valence-electron chi connectivity index (χ2n) is 6.65. The summed E-state index contributed by atoms with van der Waals surface area (Å²) in [6.07, 6.45) is 4.21. The fourth-order valence-electron chi connectivity index (χ4n) is 2.97. The van der Waals surface area contributed by atoms with Crippen LogP contribution in [0.5, 0.6) is 0 Å². The van der Waals surface area contributed by atoms with E-state index >= 15 is 0 Å². The third-order valence-corrected chi connectivity index (χ3v) is 5.39. The van der Waals surface area contributed by atoms with Crippen LogP contribution in [0, 0.1) is 12.7 Å². The maximum absolute atomic E-state index is 13.4. The number of rotatable bonds is 5. The van der Waals surface area contributed by atoms with Crippen molar-refractivity contribution in [2.75, 3.05) is 5.32 Å². The molecule has 0 spiro atoms. The number of pyridine rings is 1. The number of nitrogens with zero attached hydrogens (tertiary/aromatic N) is 2. The average molecular weight is 403 g/mol. The molecule has 0 aliphatic carbocycles. The largest absolute Gasteiger partial charge is 0.322 e. The van der Waals surface area contributed by atoms with E-state index in [0.717, 1.165) is 27.4 Å². The molecule has 0 bridgehead atoms. The van der Waals surface area contributed by atoms with Crippen LogP contribution in [-0.4, -0.2) is 15.9 Å². The summed E-state index contributed by atoms with van der Waals surface area (Å²) in [5.74, 6) is -0.775. The maximum Gasteiger partial charge on any atom is 0.255 e. The standard InChI is InChI=1S/C23H18FN3OS/c1-15-7-8-20(26-23(28)16-4-2-6-19(24)10-16)11-18(15)12-22-27-21(14-29-22)17-5-3-9-25-13-17/h2-11,13-14H,12H2,1H3,(H,26,28). The fourth-order valence-corrected chi connectivity index (χ4v) is 3.80. The highest BCUT2D eigenvalue weighted by Crippen LogP contribution is 2.25. The summed E-state index contributed by atoms with van der Waals surface area (Å²) in [5.41, 5.74) is 5.05. The van der Waals surface area contributed by atoms with E-state index in [0.29, 0.717) is 12.1 Å². The van der Waals surface area contributed by atoms with Crippen molar-refractivity contribution in [3.63, 3.8) is 0 Å². The minimum atomic E-state index is -0.435. The van der Waals surface area contributed by atoms with Crippen molar-refractivity contribution in [3.8, 4) is 11.3 Å². The zero-order valence-electron chi connectivity index (χ0n) is 15.7. The van der Waals surface area contributed by atoms with E-state index in [1.807, 2.05) is 42.6 Å². The highest BCUT2D eigenvalue weighted by Gasteiger charge is 2.11. The maximum atomic E-state index is 13.4.